The fourth-order valence-electron chi connectivity index (χ4n) is 4.35. The van der Waals surface area contributed by atoms with E-state index in [1.165, 1.54) is 23.0 Å². The molecular weight excluding hydrogens is 560 g/mol. The Morgan fingerprint density at radius 1 is 1.08 bits per heavy atom. The second-order valence-electron chi connectivity index (χ2n) is 9.21. The van der Waals surface area contributed by atoms with E-state index in [9.17, 15) is 14.9 Å². The fraction of sp³-hybridized carbons (Fsp3) is 0.167. The van der Waals surface area contributed by atoms with E-state index in [1.807, 2.05) is 62.4 Å². The molecule has 0 fully saturated rings. The quantitative estimate of drug-likeness (QED) is 0.109. The van der Waals surface area contributed by atoms with Crippen LogP contribution in [-0.2, 0) is 6.61 Å². The van der Waals surface area contributed by atoms with Crippen molar-refractivity contribution in [3.8, 4) is 5.75 Å². The van der Waals surface area contributed by atoms with Gasteiger partial charge in [-0.3, -0.25) is 14.9 Å². The molecule has 8 nitrogen and oxygen atoms in total. The number of hydrogen-bond donors (Lipinski definition) is 0. The first-order chi connectivity index (χ1) is 18.9. The van der Waals surface area contributed by atoms with Crippen LogP contribution < -0.4 is 10.3 Å². The van der Waals surface area contributed by atoms with Crippen LogP contribution in [-0.4, -0.2) is 20.8 Å². The predicted molar refractivity (Wildman–Crippen MR) is 157 cm³/mol. The van der Waals surface area contributed by atoms with Crippen LogP contribution in [0.15, 0.2) is 93.2 Å². The minimum Gasteiger partial charge on any atom is -0.488 e. The van der Waals surface area contributed by atoms with Gasteiger partial charge in [0.25, 0.3) is 11.2 Å². The van der Waals surface area contributed by atoms with Crippen molar-refractivity contribution < 1.29 is 9.66 Å². The van der Waals surface area contributed by atoms with E-state index in [0.717, 1.165) is 27.2 Å². The molecule has 0 amide bonds. The molecule has 39 heavy (non-hydrogen) atoms. The molecule has 1 aromatic heterocycles. The lowest BCUT2D eigenvalue weighted by Gasteiger charge is -2.14. The zero-order valence-electron chi connectivity index (χ0n) is 21.4. The summed E-state index contributed by atoms with van der Waals surface area (Å²) in [6, 6.07) is 23.7. The molecule has 0 saturated carbocycles. The Balaban J connectivity index is 1.57. The summed E-state index contributed by atoms with van der Waals surface area (Å²) >= 11 is 3.42. The maximum Gasteiger partial charge on any atom is 0.282 e. The van der Waals surface area contributed by atoms with E-state index in [2.05, 4.69) is 21.0 Å². The van der Waals surface area contributed by atoms with Crippen molar-refractivity contribution in [3.63, 3.8) is 0 Å². The maximum absolute atomic E-state index is 13.5. The highest BCUT2D eigenvalue weighted by Crippen LogP contribution is 2.26. The van der Waals surface area contributed by atoms with Crippen LogP contribution in [0.3, 0.4) is 0 Å². The molecular formula is C30H25BrN4O4. The van der Waals surface area contributed by atoms with Crippen LogP contribution in [0.5, 0.6) is 5.75 Å². The molecule has 0 saturated heterocycles. The van der Waals surface area contributed by atoms with Gasteiger partial charge >= 0.3 is 0 Å². The molecule has 0 spiro atoms. The van der Waals surface area contributed by atoms with Crippen molar-refractivity contribution in [1.29, 1.82) is 0 Å². The smallest absolute Gasteiger partial charge is 0.282 e. The Hall–Kier alpha value is -4.37. The highest BCUT2D eigenvalue weighted by atomic mass is 79.9. The second kappa shape index (κ2) is 11.2. The number of rotatable bonds is 8. The number of ether oxygens (including phenoxy) is 1. The van der Waals surface area contributed by atoms with Gasteiger partial charge in [-0.1, -0.05) is 72.2 Å². The Labute approximate surface area is 232 Å². The topological polar surface area (TPSA) is 99.6 Å². The standard InChI is InChI=1S/C30H25BrN4O4/c1-3-19(2)29-33-27-13-11-23(31)16-26(27)30(36)34(29)32-17-22-15-24(35(37)38)12-14-28(22)39-18-21-9-6-8-20-7-4-5-10-25(20)21/h4-17,19H,3,18H2,1-2H3/t19-/m1/s1. The summed E-state index contributed by atoms with van der Waals surface area (Å²) < 4.78 is 8.17. The first-order valence-corrected chi connectivity index (χ1v) is 13.3. The van der Waals surface area contributed by atoms with Gasteiger partial charge in [-0.15, -0.1) is 0 Å². The molecule has 1 atom stereocenters. The molecule has 5 rings (SSSR count). The van der Waals surface area contributed by atoms with Gasteiger partial charge in [0, 0.05) is 28.1 Å². The zero-order valence-corrected chi connectivity index (χ0v) is 23.0. The van der Waals surface area contributed by atoms with Crippen LogP contribution in [0.4, 0.5) is 5.69 Å². The third kappa shape index (κ3) is 5.44. The summed E-state index contributed by atoms with van der Waals surface area (Å²) in [6.07, 6.45) is 2.17. The average Bonchev–Trinajstić information content (AvgIpc) is 2.95. The van der Waals surface area contributed by atoms with E-state index in [4.69, 9.17) is 9.72 Å². The summed E-state index contributed by atoms with van der Waals surface area (Å²) in [6.45, 7) is 4.24. The third-order valence-electron chi connectivity index (χ3n) is 6.67. The fourth-order valence-corrected chi connectivity index (χ4v) is 4.72. The largest absolute Gasteiger partial charge is 0.488 e. The monoisotopic (exact) mass is 584 g/mol. The number of non-ortho nitro benzene ring substituents is 1. The Kier molecular flexibility index (Phi) is 7.51. The highest BCUT2D eigenvalue weighted by molar-refractivity contribution is 9.10. The van der Waals surface area contributed by atoms with Crippen molar-refractivity contribution in [1.82, 2.24) is 9.66 Å². The molecule has 0 bridgehead atoms. The molecule has 0 aliphatic carbocycles. The van der Waals surface area contributed by atoms with Crippen molar-refractivity contribution in [2.75, 3.05) is 0 Å². The summed E-state index contributed by atoms with van der Waals surface area (Å²) in [4.78, 5) is 29.3. The molecule has 9 heteroatoms. The Morgan fingerprint density at radius 3 is 2.67 bits per heavy atom. The molecule has 0 unspecified atom stereocenters. The normalized spacial score (nSPS) is 12.3. The minimum atomic E-state index is -0.475. The number of fused-ring (bicyclic) bond motifs is 2. The number of nitrogens with zero attached hydrogens (tertiary/aromatic N) is 4. The predicted octanol–water partition coefficient (Wildman–Crippen LogP) is 7.20. The third-order valence-corrected chi connectivity index (χ3v) is 7.16. The van der Waals surface area contributed by atoms with Gasteiger partial charge in [-0.25, -0.2) is 4.98 Å². The Morgan fingerprint density at radius 2 is 1.87 bits per heavy atom. The number of nitro groups is 1. The summed E-state index contributed by atoms with van der Waals surface area (Å²) in [7, 11) is 0. The van der Waals surface area contributed by atoms with Crippen molar-refractivity contribution >= 4 is 49.5 Å². The zero-order chi connectivity index (χ0) is 27.5. The number of nitro benzene ring substituents is 1. The molecule has 0 N–H and O–H groups in total. The number of aromatic nitrogens is 2. The average molecular weight is 585 g/mol. The van der Waals surface area contributed by atoms with Crippen molar-refractivity contribution in [2.45, 2.75) is 32.8 Å². The van der Waals surface area contributed by atoms with Crippen LogP contribution in [0, 0.1) is 10.1 Å². The summed E-state index contributed by atoms with van der Waals surface area (Å²) in [5, 5.41) is 18.6. The SMILES string of the molecule is CC[C@@H](C)c1nc2ccc(Br)cc2c(=O)n1N=Cc1cc([N+](=O)[O-])ccc1OCc1cccc2ccccc12. The van der Waals surface area contributed by atoms with Gasteiger partial charge in [0.05, 0.1) is 22.0 Å². The lowest BCUT2D eigenvalue weighted by molar-refractivity contribution is -0.384. The van der Waals surface area contributed by atoms with Crippen LogP contribution in [0.2, 0.25) is 0 Å². The molecule has 196 valence electrons. The number of halogens is 1. The first kappa shape index (κ1) is 26.2. The van der Waals surface area contributed by atoms with Gasteiger partial charge < -0.3 is 4.74 Å². The lowest BCUT2D eigenvalue weighted by atomic mass is 10.1. The van der Waals surface area contributed by atoms with Gasteiger partial charge in [0.1, 0.15) is 18.2 Å². The number of hydrogen-bond acceptors (Lipinski definition) is 6. The van der Waals surface area contributed by atoms with Crippen LogP contribution in [0.25, 0.3) is 21.7 Å². The molecule has 0 radical (unpaired) electrons. The van der Waals surface area contributed by atoms with Crippen LogP contribution >= 0.6 is 15.9 Å². The maximum atomic E-state index is 13.5. The second-order valence-corrected chi connectivity index (χ2v) is 10.1. The van der Waals surface area contributed by atoms with E-state index in [0.29, 0.717) is 28.0 Å². The van der Waals surface area contributed by atoms with Gasteiger partial charge in [-0.2, -0.15) is 9.78 Å². The summed E-state index contributed by atoms with van der Waals surface area (Å²) in [5.41, 5.74) is 1.51. The van der Waals surface area contributed by atoms with E-state index in [1.54, 1.807) is 18.2 Å². The molecule has 0 aliphatic heterocycles. The van der Waals surface area contributed by atoms with Crippen molar-refractivity contribution in [2.24, 2.45) is 5.10 Å². The van der Waals surface area contributed by atoms with Gasteiger partial charge in [-0.05, 0) is 47.0 Å². The summed E-state index contributed by atoms with van der Waals surface area (Å²) in [5.74, 6) is 0.874. The first-order valence-electron chi connectivity index (χ1n) is 12.5. The lowest BCUT2D eigenvalue weighted by Crippen LogP contribution is -2.23. The highest BCUT2D eigenvalue weighted by Gasteiger charge is 2.17. The molecule has 5 aromatic rings. The van der Waals surface area contributed by atoms with Gasteiger partial charge in [0.15, 0.2) is 0 Å². The molecule has 0 aliphatic rings. The van der Waals surface area contributed by atoms with E-state index >= 15 is 0 Å². The van der Waals surface area contributed by atoms with Crippen molar-refractivity contribution in [3.05, 3.63) is 121 Å². The van der Waals surface area contributed by atoms with Crippen LogP contribution in [0.1, 0.15) is 43.1 Å². The van der Waals surface area contributed by atoms with E-state index < -0.39 is 4.92 Å². The number of benzene rings is 4. The Bertz CT molecular complexity index is 1790. The minimum absolute atomic E-state index is 0.0462. The molecule has 4 aromatic carbocycles. The van der Waals surface area contributed by atoms with E-state index in [-0.39, 0.29) is 23.8 Å². The molecule has 1 heterocycles. The van der Waals surface area contributed by atoms with Gasteiger partial charge in [0.2, 0.25) is 0 Å².